The summed E-state index contributed by atoms with van der Waals surface area (Å²) in [5.74, 6) is 2.59. The summed E-state index contributed by atoms with van der Waals surface area (Å²) in [5.41, 5.74) is 0. The summed E-state index contributed by atoms with van der Waals surface area (Å²) in [7, 11) is 0. The molecule has 0 aromatic rings. The molecule has 1 unspecified atom stereocenters. The molecule has 0 aliphatic carbocycles. The van der Waals surface area contributed by atoms with Crippen LogP contribution >= 0.6 is 11.8 Å². The van der Waals surface area contributed by atoms with Gasteiger partial charge in [-0.2, -0.15) is 11.8 Å². The van der Waals surface area contributed by atoms with E-state index in [1.165, 1.54) is 24.5 Å². The summed E-state index contributed by atoms with van der Waals surface area (Å²) < 4.78 is 0. The molecule has 1 fully saturated rings. The van der Waals surface area contributed by atoms with Crippen LogP contribution in [0.15, 0.2) is 0 Å². The first-order valence-corrected chi connectivity index (χ1v) is 5.60. The van der Waals surface area contributed by atoms with E-state index in [1.54, 1.807) is 0 Å². The van der Waals surface area contributed by atoms with Gasteiger partial charge in [0.1, 0.15) is 0 Å². The van der Waals surface area contributed by atoms with Gasteiger partial charge >= 0.3 is 0 Å². The van der Waals surface area contributed by atoms with Crippen molar-refractivity contribution >= 4 is 11.8 Å². The minimum Gasteiger partial charge on any atom is -0.317 e. The van der Waals surface area contributed by atoms with Crippen LogP contribution in [0, 0.1) is 0 Å². The van der Waals surface area contributed by atoms with Gasteiger partial charge in [0.25, 0.3) is 0 Å². The molecular formula is C8H18N2S. The molecule has 0 bridgehead atoms. The van der Waals surface area contributed by atoms with Gasteiger partial charge in [0.15, 0.2) is 0 Å². The van der Waals surface area contributed by atoms with E-state index in [9.17, 15) is 0 Å². The largest absolute Gasteiger partial charge is 0.317 e. The Morgan fingerprint density at radius 3 is 3.18 bits per heavy atom. The van der Waals surface area contributed by atoms with Crippen LogP contribution in [0.1, 0.15) is 13.3 Å². The van der Waals surface area contributed by atoms with Crippen molar-refractivity contribution in [3.05, 3.63) is 0 Å². The van der Waals surface area contributed by atoms with Gasteiger partial charge in [-0.05, 0) is 19.5 Å². The fourth-order valence-corrected chi connectivity index (χ4v) is 2.26. The molecule has 0 aromatic carbocycles. The fraction of sp³-hybridized carbons (Fsp3) is 1.00. The zero-order valence-corrected chi connectivity index (χ0v) is 8.04. The van der Waals surface area contributed by atoms with Crippen molar-refractivity contribution in [1.82, 2.24) is 10.6 Å². The van der Waals surface area contributed by atoms with E-state index < -0.39 is 0 Å². The van der Waals surface area contributed by atoms with E-state index in [2.05, 4.69) is 29.3 Å². The Morgan fingerprint density at radius 2 is 2.55 bits per heavy atom. The molecule has 2 nitrogen and oxygen atoms in total. The molecule has 1 rings (SSSR count). The molecule has 0 radical (unpaired) electrons. The molecule has 0 spiro atoms. The molecule has 1 aliphatic rings. The van der Waals surface area contributed by atoms with E-state index >= 15 is 0 Å². The van der Waals surface area contributed by atoms with Gasteiger partial charge in [-0.3, -0.25) is 0 Å². The summed E-state index contributed by atoms with van der Waals surface area (Å²) in [6.45, 7) is 5.61. The molecule has 2 N–H and O–H groups in total. The summed E-state index contributed by atoms with van der Waals surface area (Å²) in [6.07, 6.45) is 1.28. The highest BCUT2D eigenvalue weighted by molar-refractivity contribution is 7.99. The smallest absolute Gasteiger partial charge is 0.0170 e. The maximum atomic E-state index is 3.52. The minimum atomic E-state index is 0.757. The van der Waals surface area contributed by atoms with E-state index in [1.807, 2.05) is 0 Å². The van der Waals surface area contributed by atoms with Crippen molar-refractivity contribution < 1.29 is 0 Å². The maximum Gasteiger partial charge on any atom is 0.0170 e. The van der Waals surface area contributed by atoms with Crippen molar-refractivity contribution in [3.63, 3.8) is 0 Å². The normalized spacial score (nSPS) is 25.4. The molecule has 1 atom stereocenters. The lowest BCUT2D eigenvalue weighted by atomic mass is 10.2. The van der Waals surface area contributed by atoms with Crippen LogP contribution in [0.25, 0.3) is 0 Å². The third kappa shape index (κ3) is 3.99. The number of nitrogens with one attached hydrogen (secondary N) is 2. The van der Waals surface area contributed by atoms with Gasteiger partial charge in [-0.1, -0.05) is 6.92 Å². The van der Waals surface area contributed by atoms with Crippen LogP contribution in [0.5, 0.6) is 0 Å². The third-order valence-corrected chi connectivity index (χ3v) is 3.05. The van der Waals surface area contributed by atoms with Gasteiger partial charge in [-0.15, -0.1) is 0 Å². The van der Waals surface area contributed by atoms with E-state index in [0.717, 1.165) is 19.1 Å². The highest BCUT2D eigenvalue weighted by Crippen LogP contribution is 2.09. The molecule has 1 aliphatic heterocycles. The second-order valence-electron chi connectivity index (χ2n) is 2.87. The summed E-state index contributed by atoms with van der Waals surface area (Å²) >= 11 is 2.07. The van der Waals surface area contributed by atoms with Crippen molar-refractivity contribution in [1.29, 1.82) is 0 Å². The highest BCUT2D eigenvalue weighted by atomic mass is 32.2. The van der Waals surface area contributed by atoms with Gasteiger partial charge < -0.3 is 10.6 Å². The Labute approximate surface area is 73.5 Å². The average molecular weight is 174 g/mol. The van der Waals surface area contributed by atoms with Crippen LogP contribution in [0.4, 0.5) is 0 Å². The van der Waals surface area contributed by atoms with E-state index in [-0.39, 0.29) is 0 Å². The lowest BCUT2D eigenvalue weighted by molar-refractivity contribution is 0.508. The molecule has 0 aromatic heterocycles. The van der Waals surface area contributed by atoms with Crippen molar-refractivity contribution in [3.8, 4) is 0 Å². The van der Waals surface area contributed by atoms with Crippen molar-refractivity contribution in [2.24, 2.45) is 0 Å². The first kappa shape index (κ1) is 9.36. The maximum absolute atomic E-state index is 3.52. The van der Waals surface area contributed by atoms with Gasteiger partial charge in [0.05, 0.1) is 0 Å². The first-order chi connectivity index (χ1) is 5.43. The second-order valence-corrected chi connectivity index (χ2v) is 4.02. The summed E-state index contributed by atoms with van der Waals surface area (Å²) in [5, 5.41) is 6.86. The third-order valence-electron chi connectivity index (χ3n) is 1.92. The summed E-state index contributed by atoms with van der Waals surface area (Å²) in [4.78, 5) is 0. The lowest BCUT2D eigenvalue weighted by Gasteiger charge is -2.22. The first-order valence-electron chi connectivity index (χ1n) is 4.45. The molecule has 1 heterocycles. The van der Waals surface area contributed by atoms with Crippen LogP contribution in [0.3, 0.4) is 0 Å². The zero-order valence-electron chi connectivity index (χ0n) is 7.23. The standard InChI is InChI=1S/C8H18N2S/c1-2-9-4-3-8-7-11-6-5-10-8/h8-10H,2-7H2,1H3. The van der Waals surface area contributed by atoms with Gasteiger partial charge in [-0.25, -0.2) is 0 Å². The molecule has 0 amide bonds. The molecule has 3 heteroatoms. The minimum absolute atomic E-state index is 0.757. The molecular weight excluding hydrogens is 156 g/mol. The topological polar surface area (TPSA) is 24.1 Å². The Morgan fingerprint density at radius 1 is 1.64 bits per heavy atom. The van der Waals surface area contributed by atoms with Gasteiger partial charge in [0, 0.05) is 24.1 Å². The van der Waals surface area contributed by atoms with Crippen LogP contribution in [-0.4, -0.2) is 37.2 Å². The molecule has 0 saturated carbocycles. The highest BCUT2D eigenvalue weighted by Gasteiger charge is 2.11. The quantitative estimate of drug-likeness (QED) is 0.613. The Kier molecular flexibility index (Phi) is 4.99. The Bertz CT molecular complexity index is 92.1. The number of rotatable bonds is 4. The van der Waals surface area contributed by atoms with Crippen LogP contribution in [0.2, 0.25) is 0 Å². The molecule has 66 valence electrons. The van der Waals surface area contributed by atoms with E-state index in [0.29, 0.717) is 0 Å². The molecule has 11 heavy (non-hydrogen) atoms. The van der Waals surface area contributed by atoms with Gasteiger partial charge in [0.2, 0.25) is 0 Å². The molecule has 1 saturated heterocycles. The Balaban J connectivity index is 1.96. The zero-order chi connectivity index (χ0) is 7.94. The predicted molar refractivity (Wildman–Crippen MR) is 52.3 cm³/mol. The fourth-order valence-electron chi connectivity index (χ4n) is 1.26. The average Bonchev–Trinajstić information content (AvgIpc) is 2.07. The van der Waals surface area contributed by atoms with E-state index in [4.69, 9.17) is 0 Å². The Hall–Kier alpha value is 0.270. The lowest BCUT2D eigenvalue weighted by Crippen LogP contribution is -2.39. The van der Waals surface area contributed by atoms with Crippen LogP contribution in [-0.2, 0) is 0 Å². The number of thioether (sulfide) groups is 1. The SMILES string of the molecule is CCNCCC1CSCCN1. The van der Waals surface area contributed by atoms with Crippen molar-refractivity contribution in [2.45, 2.75) is 19.4 Å². The number of hydrogen-bond acceptors (Lipinski definition) is 3. The van der Waals surface area contributed by atoms with Crippen LogP contribution < -0.4 is 10.6 Å². The predicted octanol–water partition coefficient (Wildman–Crippen LogP) is 0.691. The van der Waals surface area contributed by atoms with Crippen molar-refractivity contribution in [2.75, 3.05) is 31.1 Å². The second kappa shape index (κ2) is 5.86. The number of hydrogen-bond donors (Lipinski definition) is 2. The summed E-state index contributed by atoms with van der Waals surface area (Å²) in [6, 6.07) is 0.757. The monoisotopic (exact) mass is 174 g/mol.